The van der Waals surface area contributed by atoms with Crippen LogP contribution < -0.4 is 0 Å². The van der Waals surface area contributed by atoms with Crippen LogP contribution in [0, 0.1) is 0 Å². The molecule has 0 unspecified atom stereocenters. The molecule has 10 heteroatoms. The summed E-state index contributed by atoms with van der Waals surface area (Å²) >= 11 is 1.74. The molecule has 2 amide bonds. The summed E-state index contributed by atoms with van der Waals surface area (Å²) < 4.78 is 5.64. The Morgan fingerprint density at radius 3 is 2.22 bits per heavy atom. The predicted molar refractivity (Wildman–Crippen MR) is 216 cm³/mol. The van der Waals surface area contributed by atoms with Gasteiger partial charge in [0, 0.05) is 31.5 Å². The van der Waals surface area contributed by atoms with Crippen LogP contribution in [0.4, 0.5) is 4.79 Å². The molecule has 0 bridgehead atoms. The first-order valence-electron chi connectivity index (χ1n) is 18.6. The highest BCUT2D eigenvalue weighted by Crippen LogP contribution is 2.36. The molecule has 3 aliphatic rings. The molecule has 0 spiro atoms. The van der Waals surface area contributed by atoms with E-state index in [-0.39, 0.29) is 36.1 Å². The van der Waals surface area contributed by atoms with Crippen molar-refractivity contribution >= 4 is 35.0 Å². The fourth-order valence-electron chi connectivity index (χ4n) is 7.65. The van der Waals surface area contributed by atoms with E-state index in [1.807, 2.05) is 97.0 Å². The molecular formula is C44H44N6O3S. The Bertz CT molecular complexity index is 2150. The monoisotopic (exact) mass is 736 g/mol. The number of H-pyrrole nitrogens is 1. The van der Waals surface area contributed by atoms with Crippen LogP contribution in [0.1, 0.15) is 53.9 Å². The van der Waals surface area contributed by atoms with E-state index in [4.69, 9.17) is 14.7 Å². The first kappa shape index (κ1) is 35.6. The van der Waals surface area contributed by atoms with Gasteiger partial charge < -0.3 is 14.6 Å². The second kappa shape index (κ2) is 15.9. The fraction of sp³-hybridized carbons (Fsp3) is 0.273. The van der Waals surface area contributed by atoms with Gasteiger partial charge in [0.25, 0.3) is 0 Å². The molecule has 4 aromatic carbocycles. The maximum absolute atomic E-state index is 13.9. The minimum atomic E-state index is -0.339. The number of likely N-dealkylation sites (tertiary alicyclic amines) is 1. The average molecular weight is 737 g/mol. The predicted octanol–water partition coefficient (Wildman–Crippen LogP) is 8.61. The summed E-state index contributed by atoms with van der Waals surface area (Å²) in [6.45, 7) is 1.64. The van der Waals surface area contributed by atoms with Crippen LogP contribution in [-0.4, -0.2) is 80.7 Å². The van der Waals surface area contributed by atoms with Gasteiger partial charge in [0.1, 0.15) is 23.8 Å². The number of aromatic amines is 1. The van der Waals surface area contributed by atoms with Gasteiger partial charge in [0.2, 0.25) is 5.91 Å². The Balaban J connectivity index is 0.881. The zero-order valence-corrected chi connectivity index (χ0v) is 31.4. The highest BCUT2D eigenvalue weighted by molar-refractivity contribution is 8.00. The van der Waals surface area contributed by atoms with Crippen LogP contribution in [-0.2, 0) is 16.1 Å². The number of nitrogens with one attached hydrogen (secondary N) is 1. The second-order valence-electron chi connectivity index (χ2n) is 14.2. The van der Waals surface area contributed by atoms with Gasteiger partial charge in [-0.05, 0) is 65.9 Å². The van der Waals surface area contributed by atoms with Crippen LogP contribution in [0.3, 0.4) is 0 Å². The molecule has 2 fully saturated rings. The van der Waals surface area contributed by atoms with Gasteiger partial charge in [-0.2, -0.15) is 0 Å². The third-order valence-electron chi connectivity index (χ3n) is 10.5. The number of benzene rings is 4. The number of hydrogen-bond acceptors (Lipinski definition) is 7. The van der Waals surface area contributed by atoms with E-state index < -0.39 is 0 Å². The van der Waals surface area contributed by atoms with Gasteiger partial charge in [-0.1, -0.05) is 109 Å². The Hall–Kier alpha value is -5.45. The van der Waals surface area contributed by atoms with Crippen LogP contribution in [0.2, 0.25) is 0 Å². The number of amides is 2. The molecule has 5 aromatic rings. The lowest BCUT2D eigenvalue weighted by atomic mass is 9.98. The molecule has 4 heterocycles. The summed E-state index contributed by atoms with van der Waals surface area (Å²) in [6, 6.07) is 36.4. The lowest BCUT2D eigenvalue weighted by Gasteiger charge is -2.31. The number of nitrogens with zero attached hydrogens (tertiary/aromatic N) is 5. The standard InChI is InChI=1S/C44H44N6O3S/c1-48(2)40(35-12-7-4-8-13-35)42(51)49-23-9-14-39(49)41-46-28-38(47-41)34-21-19-32(20-22-34)31-15-17-33(18-16-31)36-26-37(45-27-36)43-50(24-25-54-43)44(52)53-29-30-10-5-3-6-11-30/h3-8,10-13,15-22,27-28,39-40,43H,9,14,23-26,29H2,1-2H3,(H,46,47)/t39-,40+,43-/m0/s1. The Kier molecular flexibility index (Phi) is 10.5. The fourth-order valence-corrected chi connectivity index (χ4v) is 8.88. The molecule has 0 saturated carbocycles. The maximum atomic E-state index is 13.9. The van der Waals surface area contributed by atoms with Crippen molar-refractivity contribution < 1.29 is 14.3 Å². The number of thioether (sulfide) groups is 1. The number of imidazole rings is 1. The largest absolute Gasteiger partial charge is 0.445 e. The second-order valence-corrected chi connectivity index (χ2v) is 15.4. The van der Waals surface area contributed by atoms with Crippen LogP contribution >= 0.6 is 11.8 Å². The number of carbonyl (C=O) groups is 2. The Morgan fingerprint density at radius 2 is 1.52 bits per heavy atom. The molecular weight excluding hydrogens is 693 g/mol. The molecule has 3 atom stereocenters. The highest BCUT2D eigenvalue weighted by atomic mass is 32.2. The Morgan fingerprint density at radius 1 is 0.852 bits per heavy atom. The number of aromatic nitrogens is 2. The summed E-state index contributed by atoms with van der Waals surface area (Å²) in [7, 11) is 3.92. The van der Waals surface area contributed by atoms with E-state index in [9.17, 15) is 9.59 Å². The summed E-state index contributed by atoms with van der Waals surface area (Å²) in [5.41, 5.74) is 9.46. The van der Waals surface area contributed by atoms with E-state index >= 15 is 0 Å². The van der Waals surface area contributed by atoms with E-state index in [0.29, 0.717) is 13.0 Å². The lowest BCUT2D eigenvalue weighted by molar-refractivity contribution is -0.137. The number of ether oxygens (including phenoxy) is 1. The van der Waals surface area contributed by atoms with Crippen molar-refractivity contribution in [3.05, 3.63) is 144 Å². The number of rotatable bonds is 10. The van der Waals surface area contributed by atoms with Crippen molar-refractivity contribution in [3.63, 3.8) is 0 Å². The van der Waals surface area contributed by atoms with Gasteiger partial charge in [-0.15, -0.1) is 11.8 Å². The molecule has 54 heavy (non-hydrogen) atoms. The molecule has 3 aliphatic heterocycles. The zero-order chi connectivity index (χ0) is 37.0. The van der Waals surface area contributed by atoms with Crippen molar-refractivity contribution in [1.82, 2.24) is 24.7 Å². The number of aliphatic imine (C=N–C) groups is 1. The normalized spacial score (nSPS) is 18.9. The summed E-state index contributed by atoms with van der Waals surface area (Å²) in [6.07, 6.45) is 6.06. The van der Waals surface area contributed by atoms with Crippen molar-refractivity contribution in [1.29, 1.82) is 0 Å². The average Bonchev–Trinajstić information content (AvgIpc) is 4.05. The first-order chi connectivity index (χ1) is 26.4. The topological polar surface area (TPSA) is 94.1 Å². The molecule has 2 saturated heterocycles. The zero-order valence-electron chi connectivity index (χ0n) is 30.6. The SMILES string of the molecule is CN(C)[C@@H](C(=O)N1CCC[C@H]1c1ncc(-c2ccc(-c3ccc(C4=CN=C([C@@H]5SCCN5C(=O)OCc5ccccc5)C4)cc3)cc2)[nH]1)c1ccccc1. The molecule has 9 nitrogen and oxygen atoms in total. The van der Waals surface area contributed by atoms with Crippen LogP contribution in [0.15, 0.2) is 127 Å². The van der Waals surface area contributed by atoms with Crippen LogP contribution in [0.5, 0.6) is 0 Å². The van der Waals surface area contributed by atoms with E-state index in [0.717, 1.165) is 81.3 Å². The number of carbonyl (C=O) groups excluding carboxylic acids is 2. The van der Waals surface area contributed by atoms with Crippen molar-refractivity contribution in [2.45, 2.75) is 43.3 Å². The quantitative estimate of drug-likeness (QED) is 0.154. The number of likely N-dealkylation sites (N-methyl/N-ethyl adjacent to an activating group) is 1. The number of hydrogen-bond donors (Lipinski definition) is 1. The summed E-state index contributed by atoms with van der Waals surface area (Å²) in [4.78, 5) is 45.7. The van der Waals surface area contributed by atoms with Crippen LogP contribution in [0.25, 0.3) is 28.0 Å². The van der Waals surface area contributed by atoms with E-state index in [2.05, 4.69) is 53.5 Å². The van der Waals surface area contributed by atoms with Crippen molar-refractivity contribution in [2.24, 2.45) is 4.99 Å². The minimum Gasteiger partial charge on any atom is -0.445 e. The highest BCUT2D eigenvalue weighted by Gasteiger charge is 2.38. The van der Waals surface area contributed by atoms with Gasteiger partial charge in [0.05, 0.1) is 23.6 Å². The van der Waals surface area contributed by atoms with Crippen molar-refractivity contribution in [3.8, 4) is 22.4 Å². The lowest BCUT2D eigenvalue weighted by Crippen LogP contribution is -2.40. The van der Waals surface area contributed by atoms with Crippen molar-refractivity contribution in [2.75, 3.05) is 32.9 Å². The molecule has 1 N–H and O–H groups in total. The molecule has 0 aliphatic carbocycles. The maximum Gasteiger partial charge on any atom is 0.411 e. The van der Waals surface area contributed by atoms with Gasteiger partial charge >= 0.3 is 6.09 Å². The van der Waals surface area contributed by atoms with E-state index in [1.54, 1.807) is 16.7 Å². The summed E-state index contributed by atoms with van der Waals surface area (Å²) in [5.74, 6) is 1.80. The summed E-state index contributed by atoms with van der Waals surface area (Å²) in [5, 5.41) is -0.111. The first-order valence-corrected chi connectivity index (χ1v) is 19.6. The Labute approximate surface area is 320 Å². The van der Waals surface area contributed by atoms with Gasteiger partial charge in [-0.3, -0.25) is 19.6 Å². The van der Waals surface area contributed by atoms with E-state index in [1.165, 1.54) is 0 Å². The smallest absolute Gasteiger partial charge is 0.411 e. The van der Waals surface area contributed by atoms with Gasteiger partial charge in [-0.25, -0.2) is 9.78 Å². The third-order valence-corrected chi connectivity index (χ3v) is 11.7. The molecule has 1 aromatic heterocycles. The number of allylic oxidation sites excluding steroid dienone is 1. The minimum absolute atomic E-state index is 0.0797. The molecule has 274 valence electrons. The molecule has 8 rings (SSSR count). The van der Waals surface area contributed by atoms with Gasteiger partial charge in [0.15, 0.2) is 0 Å². The third kappa shape index (κ3) is 7.49. The molecule has 0 radical (unpaired) electrons.